The summed E-state index contributed by atoms with van der Waals surface area (Å²) in [7, 11) is 0. The first-order valence-electron chi connectivity index (χ1n) is 12.2. The van der Waals surface area contributed by atoms with Gasteiger partial charge in [-0.15, -0.1) is 0 Å². The first-order valence-corrected chi connectivity index (χ1v) is 12.2. The molecule has 1 saturated heterocycles. The molecular weight excluding hydrogens is 496 g/mol. The van der Waals surface area contributed by atoms with Crippen molar-refractivity contribution in [2.75, 3.05) is 13.2 Å². The van der Waals surface area contributed by atoms with Crippen LogP contribution in [0.2, 0.25) is 0 Å². The van der Waals surface area contributed by atoms with Crippen LogP contribution in [0, 0.1) is 0 Å². The van der Waals surface area contributed by atoms with Crippen LogP contribution >= 0.6 is 0 Å². The topological polar surface area (TPSA) is 197 Å². The van der Waals surface area contributed by atoms with Crippen molar-refractivity contribution in [3.8, 4) is 11.5 Å². The van der Waals surface area contributed by atoms with Crippen LogP contribution in [0.25, 0.3) is 0 Å². The van der Waals surface area contributed by atoms with Crippen molar-refractivity contribution >= 4 is 23.7 Å². The van der Waals surface area contributed by atoms with E-state index in [0.29, 0.717) is 24.1 Å². The Labute approximate surface area is 219 Å². The van der Waals surface area contributed by atoms with E-state index in [-0.39, 0.29) is 30.2 Å². The standard InChI is InChI=1S/C26H32N4O8/c31-14-22(26(37)38)30-25(36)21(13-16-5-9-18(33)10-6-16)29-24(35)20(12-15-3-7-17(32)8-4-15)28-23(34)19-2-1-11-27-19/h3-10,19-22,27,31-33H,1-2,11-14H2,(H,28,34)(H,29,35)(H,30,36)(H,37,38). The lowest BCUT2D eigenvalue weighted by molar-refractivity contribution is -0.143. The predicted octanol–water partition coefficient (Wildman–Crippen LogP) is -0.834. The number of phenols is 2. The number of rotatable bonds is 12. The van der Waals surface area contributed by atoms with E-state index in [0.717, 1.165) is 6.42 Å². The lowest BCUT2D eigenvalue weighted by Crippen LogP contribution is -2.58. The molecule has 12 nitrogen and oxygen atoms in total. The first kappa shape index (κ1) is 28.4. The second-order valence-corrected chi connectivity index (χ2v) is 9.09. The molecule has 38 heavy (non-hydrogen) atoms. The average molecular weight is 529 g/mol. The third-order valence-electron chi connectivity index (χ3n) is 6.19. The second-order valence-electron chi connectivity index (χ2n) is 9.09. The van der Waals surface area contributed by atoms with Gasteiger partial charge in [0, 0.05) is 12.8 Å². The van der Waals surface area contributed by atoms with Crippen LogP contribution in [0.5, 0.6) is 11.5 Å². The minimum Gasteiger partial charge on any atom is -0.508 e. The molecule has 0 spiro atoms. The second kappa shape index (κ2) is 13.4. The fourth-order valence-corrected chi connectivity index (χ4v) is 4.06. The number of phenolic OH excluding ortho intramolecular Hbond substituents is 2. The quantitative estimate of drug-likeness (QED) is 0.173. The largest absolute Gasteiger partial charge is 0.508 e. The van der Waals surface area contributed by atoms with Gasteiger partial charge in [0.05, 0.1) is 12.6 Å². The number of hydrogen-bond donors (Lipinski definition) is 8. The van der Waals surface area contributed by atoms with Gasteiger partial charge in [0.15, 0.2) is 0 Å². The number of carboxylic acid groups (broad SMARTS) is 1. The molecule has 8 N–H and O–H groups in total. The maximum absolute atomic E-state index is 13.4. The van der Waals surface area contributed by atoms with Gasteiger partial charge in [0.25, 0.3) is 0 Å². The first-order chi connectivity index (χ1) is 18.2. The number of hydrogen-bond acceptors (Lipinski definition) is 8. The highest BCUT2D eigenvalue weighted by Crippen LogP contribution is 2.14. The van der Waals surface area contributed by atoms with E-state index in [2.05, 4.69) is 21.3 Å². The molecule has 0 aliphatic carbocycles. The molecule has 0 radical (unpaired) electrons. The summed E-state index contributed by atoms with van der Waals surface area (Å²) < 4.78 is 0. The number of carboxylic acids is 1. The van der Waals surface area contributed by atoms with E-state index >= 15 is 0 Å². The maximum Gasteiger partial charge on any atom is 0.328 e. The zero-order chi connectivity index (χ0) is 27.7. The molecule has 4 atom stereocenters. The van der Waals surface area contributed by atoms with E-state index in [9.17, 15) is 39.6 Å². The highest BCUT2D eigenvalue weighted by Gasteiger charge is 2.31. The van der Waals surface area contributed by atoms with E-state index in [4.69, 9.17) is 0 Å². The molecule has 0 saturated carbocycles. The summed E-state index contributed by atoms with van der Waals surface area (Å²) in [5.74, 6) is -3.30. The molecule has 3 amide bonds. The van der Waals surface area contributed by atoms with Crippen molar-refractivity contribution in [2.24, 2.45) is 0 Å². The number of aromatic hydroxyl groups is 2. The van der Waals surface area contributed by atoms with Gasteiger partial charge in [-0.1, -0.05) is 24.3 Å². The van der Waals surface area contributed by atoms with E-state index in [1.165, 1.54) is 24.3 Å². The van der Waals surface area contributed by atoms with Crippen LogP contribution in [-0.4, -0.2) is 81.4 Å². The summed E-state index contributed by atoms with van der Waals surface area (Å²) in [4.78, 5) is 50.6. The molecule has 1 heterocycles. The number of carbonyl (C=O) groups excluding carboxylic acids is 3. The summed E-state index contributed by atoms with van der Waals surface area (Å²) in [5.41, 5.74) is 1.21. The zero-order valence-corrected chi connectivity index (χ0v) is 20.6. The SMILES string of the molecule is O=C(O)C(CO)NC(=O)C(Cc1ccc(O)cc1)NC(=O)C(Cc1ccc(O)cc1)NC(=O)C1CCCN1. The Hall–Kier alpha value is -4.16. The Morgan fingerprint density at radius 1 is 0.789 bits per heavy atom. The number of benzene rings is 2. The molecule has 0 bridgehead atoms. The third-order valence-corrected chi connectivity index (χ3v) is 6.19. The lowest BCUT2D eigenvalue weighted by atomic mass is 10.0. The zero-order valence-electron chi connectivity index (χ0n) is 20.6. The van der Waals surface area contributed by atoms with Crippen molar-refractivity contribution in [1.82, 2.24) is 21.3 Å². The van der Waals surface area contributed by atoms with E-state index < -0.39 is 48.6 Å². The normalized spacial score (nSPS) is 17.1. The van der Waals surface area contributed by atoms with Gasteiger partial charge in [-0.05, 0) is 54.8 Å². The van der Waals surface area contributed by atoms with E-state index in [1.54, 1.807) is 24.3 Å². The van der Waals surface area contributed by atoms with Crippen molar-refractivity contribution in [3.63, 3.8) is 0 Å². The molecule has 0 aromatic heterocycles. The van der Waals surface area contributed by atoms with Gasteiger partial charge in [0.2, 0.25) is 17.7 Å². The molecule has 2 aromatic rings. The Kier molecular flexibility index (Phi) is 10.0. The molecular formula is C26H32N4O8. The van der Waals surface area contributed by atoms with Crippen molar-refractivity contribution in [2.45, 2.75) is 49.9 Å². The molecule has 1 fully saturated rings. The summed E-state index contributed by atoms with van der Waals surface area (Å²) in [6, 6.07) is 7.63. The van der Waals surface area contributed by atoms with Crippen LogP contribution in [0.1, 0.15) is 24.0 Å². The van der Waals surface area contributed by atoms with Crippen LogP contribution in [0.4, 0.5) is 0 Å². The molecule has 2 aromatic carbocycles. The van der Waals surface area contributed by atoms with E-state index in [1.807, 2.05) is 0 Å². The van der Waals surface area contributed by atoms with Gasteiger partial charge in [-0.3, -0.25) is 14.4 Å². The highest BCUT2D eigenvalue weighted by atomic mass is 16.4. The number of aliphatic hydroxyl groups excluding tert-OH is 1. The Morgan fingerprint density at radius 2 is 1.26 bits per heavy atom. The predicted molar refractivity (Wildman–Crippen MR) is 135 cm³/mol. The number of amides is 3. The smallest absolute Gasteiger partial charge is 0.328 e. The lowest BCUT2D eigenvalue weighted by Gasteiger charge is -2.25. The van der Waals surface area contributed by atoms with Crippen LogP contribution in [0.3, 0.4) is 0 Å². The minimum atomic E-state index is -1.58. The third kappa shape index (κ3) is 8.18. The molecule has 1 aliphatic rings. The van der Waals surface area contributed by atoms with Crippen molar-refractivity contribution in [1.29, 1.82) is 0 Å². The monoisotopic (exact) mass is 528 g/mol. The van der Waals surface area contributed by atoms with Gasteiger partial charge in [-0.2, -0.15) is 0 Å². The van der Waals surface area contributed by atoms with Crippen LogP contribution in [-0.2, 0) is 32.0 Å². The summed E-state index contributed by atoms with van der Waals surface area (Å²) in [6.45, 7) is -0.174. The molecule has 3 rings (SSSR count). The highest BCUT2D eigenvalue weighted by molar-refractivity contribution is 5.94. The number of aliphatic hydroxyl groups is 1. The summed E-state index contributed by atoms with van der Waals surface area (Å²) in [6.07, 6.45) is 1.44. The van der Waals surface area contributed by atoms with Gasteiger partial charge < -0.3 is 41.7 Å². The van der Waals surface area contributed by atoms with Crippen LogP contribution < -0.4 is 21.3 Å². The number of aliphatic carboxylic acids is 1. The fourth-order valence-electron chi connectivity index (χ4n) is 4.06. The minimum absolute atomic E-state index is 0.00204. The Morgan fingerprint density at radius 3 is 1.68 bits per heavy atom. The molecule has 1 aliphatic heterocycles. The van der Waals surface area contributed by atoms with Crippen molar-refractivity contribution in [3.05, 3.63) is 59.7 Å². The van der Waals surface area contributed by atoms with Gasteiger partial charge >= 0.3 is 5.97 Å². The number of carbonyl (C=O) groups is 4. The Balaban J connectivity index is 1.82. The molecule has 204 valence electrons. The Bertz CT molecular complexity index is 1120. The fraction of sp³-hybridized carbons (Fsp3) is 0.385. The van der Waals surface area contributed by atoms with Gasteiger partial charge in [-0.25, -0.2) is 4.79 Å². The van der Waals surface area contributed by atoms with Crippen LogP contribution in [0.15, 0.2) is 48.5 Å². The molecule has 12 heteroatoms. The average Bonchev–Trinajstić information content (AvgIpc) is 3.44. The van der Waals surface area contributed by atoms with Gasteiger partial charge in [0.1, 0.15) is 29.6 Å². The van der Waals surface area contributed by atoms with Crippen molar-refractivity contribution < 1.29 is 39.6 Å². The summed E-state index contributed by atoms with van der Waals surface area (Å²) >= 11 is 0. The number of nitrogens with one attached hydrogen (secondary N) is 4. The summed E-state index contributed by atoms with van der Waals surface area (Å²) in [5, 5.41) is 48.3. The maximum atomic E-state index is 13.4. The molecule has 4 unspecified atom stereocenters.